The number of hydrogen-bond acceptors (Lipinski definition) is 8. The third-order valence-corrected chi connectivity index (χ3v) is 5.08. The van der Waals surface area contributed by atoms with Crippen LogP contribution in [0, 0.1) is 0 Å². The van der Waals surface area contributed by atoms with Crippen molar-refractivity contribution in [3.8, 4) is 0 Å². The van der Waals surface area contributed by atoms with Crippen molar-refractivity contribution in [2.24, 2.45) is 0 Å². The SMILES string of the molecule is CCOC(=O)CSc1nnc(NC(=O)c2cccc3ncccc23)s1. The lowest BCUT2D eigenvalue weighted by atomic mass is 10.1. The highest BCUT2D eigenvalue weighted by Gasteiger charge is 2.14. The monoisotopic (exact) mass is 374 g/mol. The second kappa shape index (κ2) is 8.04. The van der Waals surface area contributed by atoms with Crippen LogP contribution in [-0.4, -0.2) is 39.4 Å². The van der Waals surface area contributed by atoms with E-state index in [0.717, 1.165) is 10.9 Å². The van der Waals surface area contributed by atoms with Crippen molar-refractivity contribution in [1.82, 2.24) is 15.2 Å². The van der Waals surface area contributed by atoms with E-state index in [-0.39, 0.29) is 17.6 Å². The van der Waals surface area contributed by atoms with E-state index in [9.17, 15) is 9.59 Å². The van der Waals surface area contributed by atoms with Gasteiger partial charge in [-0.05, 0) is 25.1 Å². The number of carbonyl (C=O) groups is 2. The number of thioether (sulfide) groups is 1. The van der Waals surface area contributed by atoms with E-state index in [4.69, 9.17) is 4.74 Å². The Morgan fingerprint density at radius 1 is 1.24 bits per heavy atom. The number of fused-ring (bicyclic) bond motifs is 1. The zero-order valence-electron chi connectivity index (χ0n) is 13.3. The van der Waals surface area contributed by atoms with E-state index in [1.54, 1.807) is 31.3 Å². The van der Waals surface area contributed by atoms with E-state index < -0.39 is 0 Å². The van der Waals surface area contributed by atoms with Crippen molar-refractivity contribution in [3.63, 3.8) is 0 Å². The summed E-state index contributed by atoms with van der Waals surface area (Å²) in [5, 5.41) is 11.8. The van der Waals surface area contributed by atoms with Crippen LogP contribution in [0.4, 0.5) is 5.13 Å². The summed E-state index contributed by atoms with van der Waals surface area (Å²) in [4.78, 5) is 28.1. The Morgan fingerprint density at radius 2 is 2.12 bits per heavy atom. The highest BCUT2D eigenvalue weighted by Crippen LogP contribution is 2.26. The molecule has 128 valence electrons. The first-order valence-electron chi connectivity index (χ1n) is 7.44. The molecule has 2 aromatic heterocycles. The first-order chi connectivity index (χ1) is 12.2. The summed E-state index contributed by atoms with van der Waals surface area (Å²) in [6.07, 6.45) is 1.68. The second-order valence-corrected chi connectivity index (χ2v) is 7.00. The van der Waals surface area contributed by atoms with Crippen LogP contribution in [0.5, 0.6) is 0 Å². The molecular weight excluding hydrogens is 360 g/mol. The largest absolute Gasteiger partial charge is 0.465 e. The fraction of sp³-hybridized carbons (Fsp3) is 0.188. The van der Waals surface area contributed by atoms with Crippen molar-refractivity contribution in [2.45, 2.75) is 11.3 Å². The molecule has 3 rings (SSSR count). The van der Waals surface area contributed by atoms with Crippen LogP contribution in [0.1, 0.15) is 17.3 Å². The van der Waals surface area contributed by atoms with Gasteiger partial charge in [0.05, 0.1) is 17.9 Å². The molecule has 0 saturated heterocycles. The molecule has 0 saturated carbocycles. The number of aromatic nitrogens is 3. The van der Waals surface area contributed by atoms with Gasteiger partial charge in [0, 0.05) is 17.1 Å². The van der Waals surface area contributed by atoms with E-state index in [2.05, 4.69) is 20.5 Å². The molecule has 0 unspecified atom stereocenters. The van der Waals surface area contributed by atoms with Crippen molar-refractivity contribution >= 4 is 51.0 Å². The van der Waals surface area contributed by atoms with Gasteiger partial charge in [-0.3, -0.25) is 19.9 Å². The molecule has 0 aliphatic carbocycles. The molecule has 0 radical (unpaired) electrons. The molecule has 0 atom stereocenters. The van der Waals surface area contributed by atoms with Gasteiger partial charge < -0.3 is 4.74 Å². The van der Waals surface area contributed by atoms with Gasteiger partial charge in [0.2, 0.25) is 5.13 Å². The first kappa shape index (κ1) is 17.3. The van der Waals surface area contributed by atoms with E-state index in [1.165, 1.54) is 23.1 Å². The fourth-order valence-corrected chi connectivity index (χ4v) is 3.65. The van der Waals surface area contributed by atoms with Crippen LogP contribution in [0.15, 0.2) is 40.9 Å². The molecule has 0 aliphatic heterocycles. The number of rotatable bonds is 6. The van der Waals surface area contributed by atoms with Crippen LogP contribution >= 0.6 is 23.1 Å². The molecule has 7 nitrogen and oxygen atoms in total. The minimum Gasteiger partial charge on any atom is -0.465 e. The Bertz CT molecular complexity index is 908. The van der Waals surface area contributed by atoms with Crippen LogP contribution in [0.2, 0.25) is 0 Å². The van der Waals surface area contributed by atoms with Crippen molar-refractivity contribution in [3.05, 3.63) is 42.1 Å². The highest BCUT2D eigenvalue weighted by molar-refractivity contribution is 8.01. The third-order valence-electron chi connectivity index (χ3n) is 3.14. The topological polar surface area (TPSA) is 94.1 Å². The summed E-state index contributed by atoms with van der Waals surface area (Å²) in [6.45, 7) is 2.10. The number of anilines is 1. The number of esters is 1. The van der Waals surface area contributed by atoms with Crippen LogP contribution in [0.25, 0.3) is 10.9 Å². The smallest absolute Gasteiger partial charge is 0.316 e. The molecular formula is C16H14N4O3S2. The summed E-state index contributed by atoms with van der Waals surface area (Å²) in [5.74, 6) is -0.431. The van der Waals surface area contributed by atoms with E-state index >= 15 is 0 Å². The number of carbonyl (C=O) groups excluding carboxylic acids is 2. The van der Waals surface area contributed by atoms with Crippen molar-refractivity contribution in [1.29, 1.82) is 0 Å². The highest BCUT2D eigenvalue weighted by atomic mass is 32.2. The minimum atomic E-state index is -0.309. The van der Waals surface area contributed by atoms with Gasteiger partial charge in [-0.15, -0.1) is 10.2 Å². The normalized spacial score (nSPS) is 10.6. The van der Waals surface area contributed by atoms with Crippen LogP contribution in [-0.2, 0) is 9.53 Å². The summed E-state index contributed by atoms with van der Waals surface area (Å²) >= 11 is 2.43. The Balaban J connectivity index is 1.68. The van der Waals surface area contributed by atoms with Crippen LogP contribution in [0.3, 0.4) is 0 Å². The molecule has 0 aliphatic rings. The van der Waals surface area contributed by atoms with Crippen LogP contribution < -0.4 is 5.32 Å². The summed E-state index contributed by atoms with van der Waals surface area (Å²) in [5.41, 5.74) is 1.26. The van der Waals surface area contributed by atoms with Gasteiger partial charge in [0.1, 0.15) is 0 Å². The van der Waals surface area contributed by atoms with E-state index in [0.29, 0.717) is 21.6 Å². The summed E-state index contributed by atoms with van der Waals surface area (Å²) < 4.78 is 5.44. The predicted octanol–water partition coefficient (Wildman–Crippen LogP) is 2.99. The predicted molar refractivity (Wildman–Crippen MR) is 97.0 cm³/mol. The van der Waals surface area contributed by atoms with Gasteiger partial charge in [-0.2, -0.15) is 0 Å². The summed E-state index contributed by atoms with van der Waals surface area (Å²) in [6, 6.07) is 9.00. The molecule has 9 heteroatoms. The van der Waals surface area contributed by atoms with Gasteiger partial charge in [0.15, 0.2) is 4.34 Å². The Labute approximate surface area is 151 Å². The quantitative estimate of drug-likeness (QED) is 0.403. The maximum atomic E-state index is 12.5. The molecule has 25 heavy (non-hydrogen) atoms. The summed E-state index contributed by atoms with van der Waals surface area (Å²) in [7, 11) is 0. The number of benzene rings is 1. The molecule has 3 aromatic rings. The number of hydrogen-bond donors (Lipinski definition) is 1. The molecule has 2 heterocycles. The second-order valence-electron chi connectivity index (χ2n) is 4.80. The lowest BCUT2D eigenvalue weighted by molar-refractivity contribution is -0.139. The lowest BCUT2D eigenvalue weighted by Gasteiger charge is -2.04. The fourth-order valence-electron chi connectivity index (χ4n) is 2.11. The number of pyridine rings is 1. The maximum Gasteiger partial charge on any atom is 0.316 e. The standard InChI is InChI=1S/C16H14N4O3S2/c1-2-23-13(21)9-24-16-20-19-15(25-16)18-14(22)11-5-3-7-12-10(11)6-4-8-17-12/h3-8H,2,9H2,1H3,(H,18,19,22). The average Bonchev–Trinajstić information content (AvgIpc) is 3.07. The van der Waals surface area contributed by atoms with Gasteiger partial charge in [0.25, 0.3) is 5.91 Å². The Morgan fingerprint density at radius 3 is 2.96 bits per heavy atom. The lowest BCUT2D eigenvalue weighted by Crippen LogP contribution is -2.12. The van der Waals surface area contributed by atoms with E-state index in [1.807, 2.05) is 12.1 Å². The molecule has 0 bridgehead atoms. The molecule has 0 fully saturated rings. The molecule has 0 spiro atoms. The number of amides is 1. The van der Waals surface area contributed by atoms with Gasteiger partial charge in [-0.25, -0.2) is 0 Å². The zero-order chi connectivity index (χ0) is 17.6. The number of nitrogens with one attached hydrogen (secondary N) is 1. The first-order valence-corrected chi connectivity index (χ1v) is 9.24. The van der Waals surface area contributed by atoms with Gasteiger partial charge in [-0.1, -0.05) is 35.2 Å². The molecule has 1 aromatic carbocycles. The average molecular weight is 374 g/mol. The van der Waals surface area contributed by atoms with Crippen molar-refractivity contribution in [2.75, 3.05) is 17.7 Å². The Kier molecular flexibility index (Phi) is 5.56. The number of nitrogens with zero attached hydrogens (tertiary/aromatic N) is 3. The Hall–Kier alpha value is -2.52. The maximum absolute atomic E-state index is 12.5. The third kappa shape index (κ3) is 4.31. The molecule has 1 amide bonds. The number of ether oxygens (including phenoxy) is 1. The zero-order valence-corrected chi connectivity index (χ0v) is 14.9. The molecule has 1 N–H and O–H groups in total. The minimum absolute atomic E-state index is 0.158. The van der Waals surface area contributed by atoms with Gasteiger partial charge >= 0.3 is 5.97 Å². The van der Waals surface area contributed by atoms with Crippen molar-refractivity contribution < 1.29 is 14.3 Å².